The van der Waals surface area contributed by atoms with Crippen LogP contribution in [0.4, 0.5) is 5.69 Å². The minimum Gasteiger partial charge on any atom is -0.508 e. The van der Waals surface area contributed by atoms with Crippen molar-refractivity contribution in [1.29, 1.82) is 0 Å². The summed E-state index contributed by atoms with van der Waals surface area (Å²) in [4.78, 5) is 25.1. The highest BCUT2D eigenvalue weighted by Gasteiger charge is 2.28. The smallest absolute Gasteiger partial charge is 0.291 e. The summed E-state index contributed by atoms with van der Waals surface area (Å²) in [6.07, 6.45) is 2.12. The number of benzene rings is 2. The Hall–Kier alpha value is -3.58. The number of nitrogens with zero attached hydrogens (tertiary/aromatic N) is 1. The zero-order valence-corrected chi connectivity index (χ0v) is 17.5. The molecule has 0 saturated heterocycles. The zero-order valence-electron chi connectivity index (χ0n) is 16.7. The van der Waals surface area contributed by atoms with Crippen LogP contribution in [0, 0.1) is 6.92 Å². The molecule has 158 valence electrons. The summed E-state index contributed by atoms with van der Waals surface area (Å²) in [5, 5.41) is 16.9. The molecule has 0 radical (unpaired) electrons. The van der Waals surface area contributed by atoms with Crippen molar-refractivity contribution in [2.45, 2.75) is 26.2 Å². The van der Waals surface area contributed by atoms with Gasteiger partial charge in [0.25, 0.3) is 11.8 Å². The number of halogens is 1. The van der Waals surface area contributed by atoms with Gasteiger partial charge in [-0.2, -0.15) is 5.10 Å². The highest BCUT2D eigenvalue weighted by molar-refractivity contribution is 6.33. The lowest BCUT2D eigenvalue weighted by Gasteiger charge is -2.13. The van der Waals surface area contributed by atoms with Gasteiger partial charge in [0, 0.05) is 23.1 Å². The number of furan rings is 1. The van der Waals surface area contributed by atoms with Gasteiger partial charge < -0.3 is 14.8 Å². The van der Waals surface area contributed by atoms with Gasteiger partial charge >= 0.3 is 0 Å². The summed E-state index contributed by atoms with van der Waals surface area (Å²) in [7, 11) is 0. The lowest BCUT2D eigenvalue weighted by Crippen LogP contribution is -2.22. The zero-order chi connectivity index (χ0) is 22.0. The van der Waals surface area contributed by atoms with Crippen LogP contribution < -0.4 is 10.7 Å². The highest BCUT2D eigenvalue weighted by atomic mass is 35.5. The SMILES string of the molecule is Cc1c(C(=O)Nc2ccccc2Cl)oc2c1/C(=N/NC(=O)c1ccc(O)cc1)CCC2. The Morgan fingerprint density at radius 2 is 1.81 bits per heavy atom. The molecule has 2 aromatic carbocycles. The lowest BCUT2D eigenvalue weighted by atomic mass is 9.93. The third-order valence-corrected chi connectivity index (χ3v) is 5.41. The number of fused-ring (bicyclic) bond motifs is 1. The average molecular weight is 438 g/mol. The maximum absolute atomic E-state index is 12.8. The second kappa shape index (κ2) is 8.65. The van der Waals surface area contributed by atoms with Crippen LogP contribution in [-0.2, 0) is 6.42 Å². The minimum absolute atomic E-state index is 0.0800. The number of aryl methyl sites for hydroxylation is 1. The Morgan fingerprint density at radius 3 is 2.55 bits per heavy atom. The monoisotopic (exact) mass is 437 g/mol. The van der Waals surface area contributed by atoms with Gasteiger partial charge in [-0.25, -0.2) is 5.43 Å². The Bertz CT molecular complexity index is 1180. The fourth-order valence-electron chi connectivity index (χ4n) is 3.53. The largest absolute Gasteiger partial charge is 0.508 e. The van der Waals surface area contributed by atoms with E-state index in [-0.39, 0.29) is 11.5 Å². The number of rotatable bonds is 4. The van der Waals surface area contributed by atoms with Crippen LogP contribution in [0.3, 0.4) is 0 Å². The van der Waals surface area contributed by atoms with E-state index in [0.717, 1.165) is 12.0 Å². The van der Waals surface area contributed by atoms with E-state index < -0.39 is 11.8 Å². The molecular weight excluding hydrogens is 418 g/mol. The number of hydrazone groups is 1. The summed E-state index contributed by atoms with van der Waals surface area (Å²) in [5.41, 5.74) is 5.50. The molecular formula is C23H20ClN3O4. The quantitative estimate of drug-likeness (QED) is 0.516. The summed E-state index contributed by atoms with van der Waals surface area (Å²) in [6.45, 7) is 1.80. The van der Waals surface area contributed by atoms with Gasteiger partial charge in [-0.15, -0.1) is 0 Å². The first-order chi connectivity index (χ1) is 14.9. The van der Waals surface area contributed by atoms with Crippen LogP contribution in [0.15, 0.2) is 58.0 Å². The number of para-hydroxylation sites is 1. The number of hydrogen-bond donors (Lipinski definition) is 3. The first kappa shape index (κ1) is 20.7. The molecule has 0 bridgehead atoms. The molecule has 7 nitrogen and oxygen atoms in total. The van der Waals surface area contributed by atoms with Gasteiger partial charge in [0.1, 0.15) is 11.5 Å². The fraction of sp³-hybridized carbons (Fsp3) is 0.174. The van der Waals surface area contributed by atoms with E-state index >= 15 is 0 Å². The van der Waals surface area contributed by atoms with Crippen LogP contribution in [-0.4, -0.2) is 22.6 Å². The molecule has 0 aliphatic heterocycles. The number of phenolic OH excluding ortho intramolecular Hbond substituents is 1. The van der Waals surface area contributed by atoms with Crippen molar-refractivity contribution >= 4 is 34.8 Å². The first-order valence-corrected chi connectivity index (χ1v) is 10.2. The van der Waals surface area contributed by atoms with Crippen LogP contribution in [0.2, 0.25) is 5.02 Å². The number of amides is 2. The van der Waals surface area contributed by atoms with Crippen molar-refractivity contribution < 1.29 is 19.1 Å². The van der Waals surface area contributed by atoms with Crippen LogP contribution in [0.5, 0.6) is 5.75 Å². The van der Waals surface area contributed by atoms with E-state index in [4.69, 9.17) is 16.0 Å². The van der Waals surface area contributed by atoms with Crippen molar-refractivity contribution in [3.63, 3.8) is 0 Å². The summed E-state index contributed by atoms with van der Waals surface area (Å²) in [5.74, 6) is 0.163. The molecule has 0 fully saturated rings. The van der Waals surface area contributed by atoms with E-state index in [1.807, 2.05) is 0 Å². The number of phenols is 1. The van der Waals surface area contributed by atoms with Crippen molar-refractivity contribution in [3.8, 4) is 5.75 Å². The molecule has 3 N–H and O–H groups in total. The van der Waals surface area contributed by atoms with E-state index in [2.05, 4.69) is 15.8 Å². The van der Waals surface area contributed by atoms with Crippen molar-refractivity contribution in [2.75, 3.05) is 5.32 Å². The topological polar surface area (TPSA) is 104 Å². The van der Waals surface area contributed by atoms with E-state index in [1.54, 1.807) is 31.2 Å². The molecule has 3 aromatic rings. The van der Waals surface area contributed by atoms with E-state index in [9.17, 15) is 14.7 Å². The predicted molar refractivity (Wildman–Crippen MR) is 118 cm³/mol. The molecule has 1 aliphatic rings. The summed E-state index contributed by atoms with van der Waals surface area (Å²) in [6, 6.07) is 12.9. The van der Waals surface area contributed by atoms with Gasteiger partial charge in [-0.3, -0.25) is 9.59 Å². The number of nitrogens with one attached hydrogen (secondary N) is 2. The van der Waals surface area contributed by atoms with Gasteiger partial charge in [0.2, 0.25) is 0 Å². The molecule has 0 unspecified atom stereocenters. The lowest BCUT2D eigenvalue weighted by molar-refractivity contribution is 0.0953. The minimum atomic E-state index is -0.396. The number of hydrogen-bond acceptors (Lipinski definition) is 5. The Morgan fingerprint density at radius 1 is 1.06 bits per heavy atom. The maximum atomic E-state index is 12.8. The van der Waals surface area contributed by atoms with Crippen LogP contribution in [0.25, 0.3) is 0 Å². The van der Waals surface area contributed by atoms with Crippen LogP contribution in [0.1, 0.15) is 50.6 Å². The third-order valence-electron chi connectivity index (χ3n) is 5.08. The number of anilines is 1. The molecule has 1 aliphatic carbocycles. The Kier molecular flexibility index (Phi) is 5.77. The second-order valence-electron chi connectivity index (χ2n) is 7.19. The molecule has 1 heterocycles. The standard InChI is InChI=1S/C23H20ClN3O4/c1-13-20-18(26-27-22(29)14-9-11-15(28)12-10-14)7-4-8-19(20)31-21(13)23(30)25-17-6-3-2-5-16(17)24/h2-3,5-6,9-12,28H,4,7-8H2,1H3,(H,25,30)(H,27,29)/b26-18+. The normalized spacial score (nSPS) is 14.2. The van der Waals surface area contributed by atoms with Gasteiger partial charge in [-0.1, -0.05) is 23.7 Å². The summed E-state index contributed by atoms with van der Waals surface area (Å²) < 4.78 is 5.87. The molecule has 31 heavy (non-hydrogen) atoms. The van der Waals surface area contributed by atoms with Crippen LogP contribution >= 0.6 is 11.6 Å². The number of aromatic hydroxyl groups is 1. The van der Waals surface area contributed by atoms with Gasteiger partial charge in [-0.05, 0) is 56.2 Å². The fourth-order valence-corrected chi connectivity index (χ4v) is 3.72. The number of carbonyl (C=O) groups is 2. The number of carbonyl (C=O) groups excluding carboxylic acids is 2. The molecule has 8 heteroatoms. The van der Waals surface area contributed by atoms with E-state index in [1.165, 1.54) is 24.3 Å². The molecule has 1 aromatic heterocycles. The molecule has 4 rings (SSSR count). The molecule has 0 saturated carbocycles. The Labute approximate surface area is 183 Å². The maximum Gasteiger partial charge on any atom is 0.291 e. The second-order valence-corrected chi connectivity index (χ2v) is 7.60. The molecule has 0 atom stereocenters. The van der Waals surface area contributed by atoms with Gasteiger partial charge in [0.15, 0.2) is 5.76 Å². The molecule has 0 spiro atoms. The van der Waals surface area contributed by atoms with E-state index in [0.29, 0.717) is 46.2 Å². The average Bonchev–Trinajstić information content (AvgIpc) is 3.11. The Balaban J connectivity index is 1.57. The van der Waals surface area contributed by atoms with Crippen molar-refractivity contribution in [1.82, 2.24) is 5.43 Å². The van der Waals surface area contributed by atoms with Crippen molar-refractivity contribution in [3.05, 3.63) is 81.8 Å². The summed E-state index contributed by atoms with van der Waals surface area (Å²) >= 11 is 6.13. The highest BCUT2D eigenvalue weighted by Crippen LogP contribution is 2.31. The first-order valence-electron chi connectivity index (χ1n) is 9.78. The molecule has 2 amide bonds. The predicted octanol–water partition coefficient (Wildman–Crippen LogP) is 4.67. The van der Waals surface area contributed by atoms with Gasteiger partial charge in [0.05, 0.1) is 16.4 Å². The third kappa shape index (κ3) is 4.32. The van der Waals surface area contributed by atoms with Crippen molar-refractivity contribution in [2.24, 2.45) is 5.10 Å².